The first kappa shape index (κ1) is 23.2. The number of amides is 1. The molecular weight excluding hydrogens is 443 g/mol. The summed E-state index contributed by atoms with van der Waals surface area (Å²) in [5.74, 6) is -0.123. The van der Waals surface area contributed by atoms with E-state index in [1.54, 1.807) is 12.1 Å². The van der Waals surface area contributed by atoms with Crippen molar-refractivity contribution < 1.29 is 18.0 Å². The number of rotatable bonds is 6. The minimum atomic E-state index is -4.58. The molecule has 0 saturated carbocycles. The Hall–Kier alpha value is -3.46. The Morgan fingerprint density at radius 1 is 1.38 bits per heavy atom. The molecule has 32 heavy (non-hydrogen) atoms. The smallest absolute Gasteiger partial charge is 0.342 e. The molecule has 1 aliphatic heterocycles. The number of nitrogens with zero attached hydrogens (tertiary/aromatic N) is 3. The van der Waals surface area contributed by atoms with E-state index in [0.29, 0.717) is 23.6 Å². The van der Waals surface area contributed by atoms with Gasteiger partial charge < -0.3 is 10.6 Å². The highest BCUT2D eigenvalue weighted by atomic mass is 35.5. The van der Waals surface area contributed by atoms with Gasteiger partial charge in [-0.25, -0.2) is 9.97 Å². The first-order valence-corrected chi connectivity index (χ1v) is 9.87. The van der Waals surface area contributed by atoms with Gasteiger partial charge in [-0.1, -0.05) is 29.8 Å². The Morgan fingerprint density at radius 3 is 2.84 bits per heavy atom. The number of aliphatic imine (C=N–C) groups is 1. The van der Waals surface area contributed by atoms with Crippen molar-refractivity contribution in [3.63, 3.8) is 0 Å². The monoisotopic (exact) mass is 461 g/mol. The highest BCUT2D eigenvalue weighted by molar-refractivity contribution is 6.33. The van der Waals surface area contributed by atoms with Crippen LogP contribution in [-0.2, 0) is 6.18 Å². The van der Waals surface area contributed by atoms with Gasteiger partial charge in [-0.15, -0.1) is 6.58 Å². The summed E-state index contributed by atoms with van der Waals surface area (Å²) in [6.45, 7) is 5.41. The van der Waals surface area contributed by atoms with Crippen LogP contribution in [0.5, 0.6) is 0 Å². The van der Waals surface area contributed by atoms with Crippen molar-refractivity contribution in [2.24, 2.45) is 4.99 Å². The quantitative estimate of drug-likeness (QED) is 0.464. The van der Waals surface area contributed by atoms with Gasteiger partial charge in [0.05, 0.1) is 35.2 Å². The van der Waals surface area contributed by atoms with Crippen LogP contribution in [0.4, 0.5) is 18.9 Å². The van der Waals surface area contributed by atoms with E-state index in [9.17, 15) is 18.0 Å². The standard InChI is InChI=1S/C22H19ClF3N5O/c1-3-4-5-6-7-14-11-28-20(30-14)17-10-15(12-27-19(17)23)31-21(32)16-8-9-18(22(24,25)26)29-13(16)2/h3,5-10,12H,1,4,11H2,2H3,(H,28,30)(H,31,32)/b6-5-,14-7+. The van der Waals surface area contributed by atoms with E-state index in [2.05, 4.69) is 32.2 Å². The van der Waals surface area contributed by atoms with Gasteiger partial charge in [0.2, 0.25) is 0 Å². The Kier molecular flexibility index (Phi) is 7.09. The third-order valence-corrected chi connectivity index (χ3v) is 4.70. The summed E-state index contributed by atoms with van der Waals surface area (Å²) in [5, 5.41) is 5.94. The zero-order chi connectivity index (χ0) is 23.3. The van der Waals surface area contributed by atoms with Gasteiger partial charge in [-0.2, -0.15) is 13.2 Å². The first-order chi connectivity index (χ1) is 15.2. The normalized spacial score (nSPS) is 15.0. The molecule has 0 bridgehead atoms. The predicted molar refractivity (Wildman–Crippen MR) is 118 cm³/mol. The summed E-state index contributed by atoms with van der Waals surface area (Å²) in [5.41, 5.74) is 0.558. The number of hydrogen-bond acceptors (Lipinski definition) is 5. The topological polar surface area (TPSA) is 79.3 Å². The van der Waals surface area contributed by atoms with Crippen molar-refractivity contribution in [1.29, 1.82) is 0 Å². The molecule has 0 fully saturated rings. The number of pyridine rings is 2. The van der Waals surface area contributed by atoms with Gasteiger partial charge in [0.1, 0.15) is 16.7 Å². The van der Waals surface area contributed by atoms with E-state index in [0.717, 1.165) is 24.3 Å². The van der Waals surface area contributed by atoms with Gasteiger partial charge >= 0.3 is 6.18 Å². The van der Waals surface area contributed by atoms with Gasteiger partial charge in [0.15, 0.2) is 0 Å². The van der Waals surface area contributed by atoms with Gasteiger partial charge in [0, 0.05) is 5.70 Å². The van der Waals surface area contributed by atoms with Crippen LogP contribution in [0.1, 0.15) is 33.7 Å². The Morgan fingerprint density at radius 2 is 2.16 bits per heavy atom. The van der Waals surface area contributed by atoms with E-state index in [1.807, 2.05) is 18.2 Å². The van der Waals surface area contributed by atoms with Crippen LogP contribution in [0.15, 0.2) is 66.0 Å². The Bertz CT molecular complexity index is 1140. The molecule has 2 aromatic heterocycles. The zero-order valence-corrected chi connectivity index (χ0v) is 17.8. The van der Waals surface area contributed by atoms with Crippen LogP contribution < -0.4 is 10.6 Å². The molecule has 0 aromatic carbocycles. The molecule has 6 nitrogen and oxygen atoms in total. The fraction of sp³-hybridized carbons (Fsp3) is 0.182. The van der Waals surface area contributed by atoms with Crippen LogP contribution in [0.3, 0.4) is 0 Å². The molecule has 166 valence electrons. The third-order valence-electron chi connectivity index (χ3n) is 4.40. The second kappa shape index (κ2) is 9.78. The maximum Gasteiger partial charge on any atom is 0.433 e. The molecule has 10 heteroatoms. The molecule has 0 saturated heterocycles. The number of anilines is 1. The summed E-state index contributed by atoms with van der Waals surface area (Å²) >= 11 is 6.20. The maximum atomic E-state index is 12.8. The van der Waals surface area contributed by atoms with Gasteiger partial charge in [-0.3, -0.25) is 9.79 Å². The van der Waals surface area contributed by atoms with Crippen molar-refractivity contribution in [3.05, 3.63) is 88.6 Å². The lowest BCUT2D eigenvalue weighted by Gasteiger charge is -2.12. The number of aromatic nitrogens is 2. The number of carbonyl (C=O) groups excluding carboxylic acids is 1. The Balaban J connectivity index is 1.75. The number of hydrogen-bond donors (Lipinski definition) is 2. The fourth-order valence-electron chi connectivity index (χ4n) is 2.84. The molecule has 3 heterocycles. The number of halogens is 4. The summed E-state index contributed by atoms with van der Waals surface area (Å²) in [4.78, 5) is 24.5. The highest BCUT2D eigenvalue weighted by Gasteiger charge is 2.33. The molecule has 0 unspecified atom stereocenters. The van der Waals surface area contributed by atoms with Crippen LogP contribution in [0.25, 0.3) is 0 Å². The summed E-state index contributed by atoms with van der Waals surface area (Å²) in [7, 11) is 0. The third kappa shape index (κ3) is 5.61. The van der Waals surface area contributed by atoms with Crippen molar-refractivity contribution in [2.75, 3.05) is 11.9 Å². The van der Waals surface area contributed by atoms with Crippen molar-refractivity contribution in [1.82, 2.24) is 15.3 Å². The molecule has 2 N–H and O–H groups in total. The molecule has 0 spiro atoms. The number of alkyl halides is 3. The van der Waals surface area contributed by atoms with Crippen LogP contribution >= 0.6 is 11.6 Å². The first-order valence-electron chi connectivity index (χ1n) is 9.49. The van der Waals surface area contributed by atoms with E-state index >= 15 is 0 Å². The number of nitrogens with one attached hydrogen (secondary N) is 2. The van der Waals surface area contributed by atoms with Crippen LogP contribution in [-0.4, -0.2) is 28.3 Å². The second-order valence-corrected chi connectivity index (χ2v) is 7.14. The maximum absolute atomic E-state index is 12.8. The fourth-order valence-corrected chi connectivity index (χ4v) is 3.03. The average Bonchev–Trinajstić information content (AvgIpc) is 3.20. The average molecular weight is 462 g/mol. The molecule has 0 aliphatic carbocycles. The van der Waals surface area contributed by atoms with Gasteiger partial charge in [-0.05, 0) is 37.6 Å². The molecule has 1 aliphatic rings. The second-order valence-electron chi connectivity index (χ2n) is 6.78. The van der Waals surface area contributed by atoms with E-state index in [-0.39, 0.29) is 16.4 Å². The molecule has 0 radical (unpaired) electrons. The summed E-state index contributed by atoms with van der Waals surface area (Å²) in [6.07, 6.45) is 5.02. The lowest BCUT2D eigenvalue weighted by molar-refractivity contribution is -0.141. The zero-order valence-electron chi connectivity index (χ0n) is 17.0. The van der Waals surface area contributed by atoms with E-state index in [1.165, 1.54) is 13.1 Å². The van der Waals surface area contributed by atoms with Crippen LogP contribution in [0.2, 0.25) is 5.15 Å². The number of aryl methyl sites for hydroxylation is 1. The largest absolute Gasteiger partial charge is 0.433 e. The highest BCUT2D eigenvalue weighted by Crippen LogP contribution is 2.28. The van der Waals surface area contributed by atoms with Crippen molar-refractivity contribution >= 4 is 29.0 Å². The lowest BCUT2D eigenvalue weighted by atomic mass is 10.1. The number of carbonyl (C=O) groups is 1. The molecule has 2 aromatic rings. The number of amidine groups is 1. The van der Waals surface area contributed by atoms with Crippen molar-refractivity contribution in [3.8, 4) is 0 Å². The molecule has 0 atom stereocenters. The van der Waals surface area contributed by atoms with E-state index in [4.69, 9.17) is 11.6 Å². The summed E-state index contributed by atoms with van der Waals surface area (Å²) in [6, 6.07) is 3.44. The Labute approximate surface area is 187 Å². The van der Waals surface area contributed by atoms with E-state index < -0.39 is 17.8 Å². The molecule has 1 amide bonds. The SMILES string of the molecule is C=CC/C=C\C=C1/CN=C(c2cc(NC(=O)c3ccc(C(F)(F)F)nc3C)cnc2Cl)N1. The predicted octanol–water partition coefficient (Wildman–Crippen LogP) is 5.08. The van der Waals surface area contributed by atoms with Crippen LogP contribution in [0, 0.1) is 6.92 Å². The minimum Gasteiger partial charge on any atom is -0.342 e. The number of allylic oxidation sites excluding steroid dienone is 4. The molecular formula is C22H19ClF3N5O. The molecule has 3 rings (SSSR count). The minimum absolute atomic E-state index is 0.0161. The summed E-state index contributed by atoms with van der Waals surface area (Å²) < 4.78 is 38.4. The van der Waals surface area contributed by atoms with Crippen molar-refractivity contribution in [2.45, 2.75) is 19.5 Å². The lowest BCUT2D eigenvalue weighted by Crippen LogP contribution is -2.20. The van der Waals surface area contributed by atoms with Gasteiger partial charge in [0.25, 0.3) is 5.91 Å².